The lowest BCUT2D eigenvalue weighted by molar-refractivity contribution is 0.627. The Bertz CT molecular complexity index is 842. The van der Waals surface area contributed by atoms with Gasteiger partial charge < -0.3 is 0 Å². The van der Waals surface area contributed by atoms with Crippen LogP contribution in [0.2, 0.25) is 0 Å². The maximum atomic E-state index is 13.0. The molecule has 0 aliphatic heterocycles. The molecule has 0 spiro atoms. The summed E-state index contributed by atoms with van der Waals surface area (Å²) in [6.45, 7) is 0.390. The van der Waals surface area contributed by atoms with Crippen molar-refractivity contribution >= 4 is 15.9 Å². The van der Waals surface area contributed by atoms with Gasteiger partial charge in [-0.3, -0.25) is 4.79 Å². The molecule has 0 unspecified atom stereocenters. The van der Waals surface area contributed by atoms with Crippen LogP contribution < -0.4 is 5.56 Å². The summed E-state index contributed by atoms with van der Waals surface area (Å²) in [6.07, 6.45) is 0. The van der Waals surface area contributed by atoms with E-state index in [2.05, 4.69) is 21.0 Å². The van der Waals surface area contributed by atoms with Crippen LogP contribution >= 0.6 is 15.9 Å². The Balaban J connectivity index is 1.94. The molecule has 0 saturated heterocycles. The van der Waals surface area contributed by atoms with E-state index in [0.717, 1.165) is 15.6 Å². The van der Waals surface area contributed by atoms with E-state index in [1.54, 1.807) is 18.2 Å². The summed E-state index contributed by atoms with van der Waals surface area (Å²) in [6, 6.07) is 16.9. The van der Waals surface area contributed by atoms with Gasteiger partial charge in [0.2, 0.25) is 0 Å². The van der Waals surface area contributed by atoms with Crippen molar-refractivity contribution in [3.8, 4) is 11.3 Å². The van der Waals surface area contributed by atoms with E-state index in [1.165, 1.54) is 22.9 Å². The fourth-order valence-electron chi connectivity index (χ4n) is 2.10. The van der Waals surface area contributed by atoms with Gasteiger partial charge in [-0.25, -0.2) is 9.07 Å². The molecule has 0 fully saturated rings. The van der Waals surface area contributed by atoms with E-state index in [-0.39, 0.29) is 11.4 Å². The van der Waals surface area contributed by atoms with Crippen LogP contribution in [0, 0.1) is 5.82 Å². The molecule has 0 saturated carbocycles. The van der Waals surface area contributed by atoms with Crippen LogP contribution in [0.4, 0.5) is 4.39 Å². The molecule has 3 rings (SSSR count). The predicted molar refractivity (Wildman–Crippen MR) is 87.1 cm³/mol. The van der Waals surface area contributed by atoms with E-state index in [9.17, 15) is 9.18 Å². The van der Waals surface area contributed by atoms with Crippen LogP contribution in [0.5, 0.6) is 0 Å². The lowest BCUT2D eigenvalue weighted by Crippen LogP contribution is -2.22. The molecule has 0 aliphatic rings. The Morgan fingerprint density at radius 2 is 1.64 bits per heavy atom. The monoisotopic (exact) mass is 358 g/mol. The smallest absolute Gasteiger partial charge is 0.267 e. The molecule has 0 N–H and O–H groups in total. The van der Waals surface area contributed by atoms with Crippen molar-refractivity contribution in [2.24, 2.45) is 0 Å². The zero-order chi connectivity index (χ0) is 15.5. The van der Waals surface area contributed by atoms with Crippen molar-refractivity contribution in [2.45, 2.75) is 6.54 Å². The van der Waals surface area contributed by atoms with Crippen molar-refractivity contribution in [1.82, 2.24) is 9.78 Å². The molecule has 0 atom stereocenters. The maximum Gasteiger partial charge on any atom is 0.267 e. The van der Waals surface area contributed by atoms with Gasteiger partial charge in [-0.15, -0.1) is 0 Å². The van der Waals surface area contributed by atoms with Gasteiger partial charge >= 0.3 is 0 Å². The molecule has 5 heteroatoms. The summed E-state index contributed by atoms with van der Waals surface area (Å²) in [5, 5.41) is 4.36. The van der Waals surface area contributed by atoms with Crippen LogP contribution in [0.15, 0.2) is 69.9 Å². The van der Waals surface area contributed by atoms with Crippen LogP contribution in [-0.4, -0.2) is 9.78 Å². The average molecular weight is 359 g/mol. The highest BCUT2D eigenvalue weighted by Crippen LogP contribution is 2.16. The SMILES string of the molecule is O=c1ccc(-c2ccc(F)cc2)nn1Cc1ccc(Br)cc1. The summed E-state index contributed by atoms with van der Waals surface area (Å²) >= 11 is 3.38. The fourth-order valence-corrected chi connectivity index (χ4v) is 2.36. The van der Waals surface area contributed by atoms with Gasteiger partial charge in [0.15, 0.2) is 0 Å². The topological polar surface area (TPSA) is 34.9 Å². The van der Waals surface area contributed by atoms with Gasteiger partial charge in [-0.1, -0.05) is 28.1 Å². The summed E-state index contributed by atoms with van der Waals surface area (Å²) in [4.78, 5) is 12.0. The molecule has 110 valence electrons. The third-order valence-electron chi connectivity index (χ3n) is 3.25. The van der Waals surface area contributed by atoms with E-state index in [1.807, 2.05) is 24.3 Å². The van der Waals surface area contributed by atoms with E-state index in [4.69, 9.17) is 0 Å². The highest BCUT2D eigenvalue weighted by atomic mass is 79.9. The highest BCUT2D eigenvalue weighted by molar-refractivity contribution is 9.10. The number of rotatable bonds is 3. The Morgan fingerprint density at radius 3 is 2.32 bits per heavy atom. The van der Waals surface area contributed by atoms with Crippen molar-refractivity contribution in [3.63, 3.8) is 0 Å². The van der Waals surface area contributed by atoms with Crippen molar-refractivity contribution in [1.29, 1.82) is 0 Å². The van der Waals surface area contributed by atoms with Crippen LogP contribution in [0.25, 0.3) is 11.3 Å². The second kappa shape index (κ2) is 6.23. The third kappa shape index (κ3) is 3.31. The number of aromatic nitrogens is 2. The van der Waals surface area contributed by atoms with Gasteiger partial charge in [-0.05, 0) is 48.0 Å². The second-order valence-corrected chi connectivity index (χ2v) is 5.76. The van der Waals surface area contributed by atoms with Gasteiger partial charge in [0, 0.05) is 16.1 Å². The van der Waals surface area contributed by atoms with Crippen molar-refractivity contribution in [2.75, 3.05) is 0 Å². The molecule has 1 heterocycles. The van der Waals surface area contributed by atoms with Crippen molar-refractivity contribution in [3.05, 3.63) is 86.9 Å². The Hall–Kier alpha value is -2.27. The van der Waals surface area contributed by atoms with E-state index < -0.39 is 0 Å². The number of hydrogen-bond donors (Lipinski definition) is 0. The summed E-state index contributed by atoms with van der Waals surface area (Å²) in [5.74, 6) is -0.299. The minimum absolute atomic E-state index is 0.172. The molecule has 0 bridgehead atoms. The molecule has 3 aromatic rings. The lowest BCUT2D eigenvalue weighted by Gasteiger charge is -2.07. The van der Waals surface area contributed by atoms with Gasteiger partial charge in [0.05, 0.1) is 12.2 Å². The number of halogens is 2. The summed E-state index contributed by atoms with van der Waals surface area (Å²) in [5.41, 5.74) is 2.21. The first-order valence-electron chi connectivity index (χ1n) is 6.70. The molecule has 0 amide bonds. The Morgan fingerprint density at radius 1 is 0.955 bits per heavy atom. The lowest BCUT2D eigenvalue weighted by atomic mass is 10.1. The second-order valence-electron chi connectivity index (χ2n) is 4.85. The first-order valence-corrected chi connectivity index (χ1v) is 7.50. The number of hydrogen-bond acceptors (Lipinski definition) is 2. The fraction of sp³-hybridized carbons (Fsp3) is 0.0588. The third-order valence-corrected chi connectivity index (χ3v) is 3.78. The molecule has 0 radical (unpaired) electrons. The highest BCUT2D eigenvalue weighted by Gasteiger charge is 2.05. The molecule has 2 aromatic carbocycles. The van der Waals surface area contributed by atoms with Gasteiger partial charge in [0.25, 0.3) is 5.56 Å². The minimum atomic E-state index is -0.299. The number of nitrogens with zero attached hydrogens (tertiary/aromatic N) is 2. The van der Waals surface area contributed by atoms with Crippen LogP contribution in [-0.2, 0) is 6.54 Å². The van der Waals surface area contributed by atoms with Crippen LogP contribution in [0.1, 0.15) is 5.56 Å². The molecular weight excluding hydrogens is 347 g/mol. The summed E-state index contributed by atoms with van der Waals surface area (Å²) < 4.78 is 15.4. The van der Waals surface area contributed by atoms with E-state index in [0.29, 0.717) is 12.2 Å². The normalized spacial score (nSPS) is 10.6. The molecule has 1 aromatic heterocycles. The molecular formula is C17H12BrFN2O. The quantitative estimate of drug-likeness (QED) is 0.712. The Kier molecular flexibility index (Phi) is 4.15. The maximum absolute atomic E-state index is 13.0. The first-order chi connectivity index (χ1) is 10.6. The zero-order valence-corrected chi connectivity index (χ0v) is 13.1. The standard InChI is InChI=1S/C17H12BrFN2O/c18-14-5-1-12(2-6-14)11-21-17(22)10-9-16(20-21)13-3-7-15(19)8-4-13/h1-10H,11H2. The van der Waals surface area contributed by atoms with Gasteiger partial charge in [-0.2, -0.15) is 5.10 Å². The largest absolute Gasteiger partial charge is 0.268 e. The molecule has 3 nitrogen and oxygen atoms in total. The molecule has 22 heavy (non-hydrogen) atoms. The molecule has 0 aliphatic carbocycles. The van der Waals surface area contributed by atoms with Crippen LogP contribution in [0.3, 0.4) is 0 Å². The van der Waals surface area contributed by atoms with E-state index >= 15 is 0 Å². The Labute approximate surface area is 135 Å². The first kappa shape index (κ1) is 14.7. The predicted octanol–water partition coefficient (Wildman–Crippen LogP) is 3.86. The minimum Gasteiger partial charge on any atom is -0.268 e. The zero-order valence-electron chi connectivity index (χ0n) is 11.5. The summed E-state index contributed by atoms with van der Waals surface area (Å²) in [7, 11) is 0. The number of benzene rings is 2. The average Bonchev–Trinajstić information content (AvgIpc) is 2.52. The van der Waals surface area contributed by atoms with Crippen molar-refractivity contribution < 1.29 is 4.39 Å². The van der Waals surface area contributed by atoms with Gasteiger partial charge in [0.1, 0.15) is 5.82 Å².